The lowest BCUT2D eigenvalue weighted by atomic mass is 9.97. The van der Waals surface area contributed by atoms with E-state index in [2.05, 4.69) is 4.98 Å². The first kappa shape index (κ1) is 22.6. The third kappa shape index (κ3) is 5.41. The monoisotopic (exact) mass is 461 g/mol. The molecule has 0 radical (unpaired) electrons. The van der Waals surface area contributed by atoms with E-state index < -0.39 is 0 Å². The molecule has 0 atom stereocenters. The van der Waals surface area contributed by atoms with Gasteiger partial charge in [0, 0.05) is 43.5 Å². The molecule has 6 nitrogen and oxygen atoms in total. The molecular formula is C26H24ClN3O3. The average Bonchev–Trinajstić information content (AvgIpc) is 2.87. The van der Waals surface area contributed by atoms with Crippen molar-refractivity contribution in [3.8, 4) is 5.75 Å². The summed E-state index contributed by atoms with van der Waals surface area (Å²) in [4.78, 5) is 33.4. The van der Waals surface area contributed by atoms with E-state index in [0.717, 1.165) is 22.4 Å². The Morgan fingerprint density at radius 2 is 1.64 bits per heavy atom. The second kappa shape index (κ2) is 10.3. The highest BCUT2D eigenvalue weighted by molar-refractivity contribution is 6.30. The number of amides is 2. The van der Waals surface area contributed by atoms with Crippen molar-refractivity contribution in [1.29, 1.82) is 0 Å². The number of rotatable bonds is 5. The molecule has 7 heteroatoms. The van der Waals surface area contributed by atoms with Crippen molar-refractivity contribution in [3.63, 3.8) is 0 Å². The molecular weight excluding hydrogens is 438 g/mol. The molecule has 0 saturated carbocycles. The number of pyridine rings is 1. The fraction of sp³-hybridized carbons (Fsp3) is 0.192. The molecule has 2 amide bonds. The maximum absolute atomic E-state index is 13.2. The number of hydrogen-bond donors (Lipinski definition) is 0. The topological polar surface area (TPSA) is 62.7 Å². The van der Waals surface area contributed by atoms with Crippen molar-refractivity contribution in [2.75, 3.05) is 33.3 Å². The summed E-state index contributed by atoms with van der Waals surface area (Å²) in [6.45, 7) is 1.84. The summed E-state index contributed by atoms with van der Waals surface area (Å²) in [6.07, 6.45) is 3.25. The Bertz CT molecular complexity index is 1150. The molecule has 168 valence electrons. The summed E-state index contributed by atoms with van der Waals surface area (Å²) >= 11 is 6.22. The fourth-order valence-corrected chi connectivity index (χ4v) is 3.95. The van der Waals surface area contributed by atoms with E-state index in [9.17, 15) is 9.59 Å². The van der Waals surface area contributed by atoms with Gasteiger partial charge in [-0.2, -0.15) is 0 Å². The average molecular weight is 462 g/mol. The summed E-state index contributed by atoms with van der Waals surface area (Å²) in [5, 5.41) is 0.598. The van der Waals surface area contributed by atoms with E-state index in [1.165, 1.54) is 0 Å². The molecule has 0 N–H and O–H groups in total. The number of halogens is 1. The van der Waals surface area contributed by atoms with E-state index >= 15 is 0 Å². The van der Waals surface area contributed by atoms with Crippen molar-refractivity contribution >= 4 is 29.0 Å². The van der Waals surface area contributed by atoms with Gasteiger partial charge in [0.2, 0.25) is 5.91 Å². The molecule has 1 saturated heterocycles. The van der Waals surface area contributed by atoms with Gasteiger partial charge < -0.3 is 14.5 Å². The Hall–Kier alpha value is -3.64. The van der Waals surface area contributed by atoms with Crippen molar-refractivity contribution in [2.45, 2.75) is 0 Å². The molecule has 4 rings (SSSR count). The summed E-state index contributed by atoms with van der Waals surface area (Å²) in [7, 11) is 1.62. The molecule has 1 aliphatic heterocycles. The molecule has 0 unspecified atom stereocenters. The molecule has 2 aromatic carbocycles. The number of methoxy groups -OCH3 is 1. The van der Waals surface area contributed by atoms with Crippen LogP contribution in [-0.4, -0.2) is 59.9 Å². The van der Waals surface area contributed by atoms with Crippen LogP contribution < -0.4 is 4.74 Å². The highest BCUT2D eigenvalue weighted by Crippen LogP contribution is 2.27. The maximum Gasteiger partial charge on any atom is 0.272 e. The first-order valence-electron chi connectivity index (χ1n) is 10.7. The van der Waals surface area contributed by atoms with Gasteiger partial charge in [-0.1, -0.05) is 41.9 Å². The van der Waals surface area contributed by atoms with Gasteiger partial charge in [0.25, 0.3) is 5.91 Å². The zero-order valence-electron chi connectivity index (χ0n) is 18.3. The largest absolute Gasteiger partial charge is 0.497 e. The van der Waals surface area contributed by atoms with Gasteiger partial charge in [0.05, 0.1) is 7.11 Å². The quantitative estimate of drug-likeness (QED) is 0.535. The minimum atomic E-state index is -0.115. The number of ether oxygens (including phenoxy) is 1. The molecule has 3 aromatic rings. The zero-order valence-corrected chi connectivity index (χ0v) is 19.0. The smallest absolute Gasteiger partial charge is 0.272 e. The van der Waals surface area contributed by atoms with E-state index in [4.69, 9.17) is 16.3 Å². The Labute approximate surface area is 198 Å². The predicted molar refractivity (Wildman–Crippen MR) is 128 cm³/mol. The number of benzene rings is 2. The van der Waals surface area contributed by atoms with Crippen LogP contribution in [0.3, 0.4) is 0 Å². The lowest BCUT2D eigenvalue weighted by molar-refractivity contribution is -0.127. The second-order valence-electron chi connectivity index (χ2n) is 7.63. The SMILES string of the molecule is COc1ccc(/C(=C/C(=O)N2CCN(C(=O)c3ccccn3)CC2)c2cccc(Cl)c2)cc1. The number of carbonyl (C=O) groups excluding carboxylic acids is 2. The molecule has 0 aliphatic carbocycles. The van der Waals surface area contributed by atoms with Gasteiger partial charge >= 0.3 is 0 Å². The standard InChI is InChI=1S/C26H24ClN3O3/c1-33-22-10-8-19(9-11-22)23(20-5-4-6-21(27)17-20)18-25(31)29-13-15-30(16-14-29)26(32)24-7-2-3-12-28-24/h2-12,17-18H,13-16H2,1H3/b23-18-. The van der Waals surface area contributed by atoms with Crippen molar-refractivity contribution < 1.29 is 14.3 Å². The van der Waals surface area contributed by atoms with E-state index in [0.29, 0.717) is 36.9 Å². The Balaban J connectivity index is 1.52. The van der Waals surface area contributed by atoms with Crippen LogP contribution >= 0.6 is 11.6 Å². The van der Waals surface area contributed by atoms with E-state index in [-0.39, 0.29) is 11.8 Å². The fourth-order valence-electron chi connectivity index (χ4n) is 3.76. The lowest BCUT2D eigenvalue weighted by Gasteiger charge is -2.34. The summed E-state index contributed by atoms with van der Waals surface area (Å²) < 4.78 is 5.26. The van der Waals surface area contributed by atoms with Gasteiger partial charge in [0.15, 0.2) is 0 Å². The first-order valence-corrected chi connectivity index (χ1v) is 11.0. The Morgan fingerprint density at radius 3 is 2.27 bits per heavy atom. The van der Waals surface area contributed by atoms with Gasteiger partial charge in [0.1, 0.15) is 11.4 Å². The molecule has 33 heavy (non-hydrogen) atoms. The van der Waals surface area contributed by atoms with Crippen molar-refractivity contribution in [1.82, 2.24) is 14.8 Å². The van der Waals surface area contributed by atoms with Gasteiger partial charge in [-0.15, -0.1) is 0 Å². The number of hydrogen-bond acceptors (Lipinski definition) is 4. The summed E-state index contributed by atoms with van der Waals surface area (Å²) in [5.74, 6) is 0.519. The van der Waals surface area contributed by atoms with Crippen LogP contribution in [0.5, 0.6) is 5.75 Å². The third-order valence-corrected chi connectivity index (χ3v) is 5.80. The summed E-state index contributed by atoms with van der Waals surface area (Å²) in [6, 6.07) is 20.3. The van der Waals surface area contributed by atoms with Crippen LogP contribution in [0.1, 0.15) is 21.6 Å². The number of carbonyl (C=O) groups is 2. The molecule has 2 heterocycles. The maximum atomic E-state index is 13.2. The van der Waals surface area contributed by atoms with Gasteiger partial charge in [-0.3, -0.25) is 14.6 Å². The van der Waals surface area contributed by atoms with Crippen LogP contribution in [-0.2, 0) is 4.79 Å². The van der Waals surface area contributed by atoms with Crippen LogP contribution in [0.2, 0.25) is 5.02 Å². The molecule has 0 spiro atoms. The van der Waals surface area contributed by atoms with Crippen LogP contribution in [0.4, 0.5) is 0 Å². The van der Waals surface area contributed by atoms with Crippen LogP contribution in [0.25, 0.3) is 5.57 Å². The highest BCUT2D eigenvalue weighted by Gasteiger charge is 2.25. The predicted octanol–water partition coefficient (Wildman–Crippen LogP) is 4.16. The van der Waals surface area contributed by atoms with Gasteiger partial charge in [-0.25, -0.2) is 0 Å². The Morgan fingerprint density at radius 1 is 0.909 bits per heavy atom. The highest BCUT2D eigenvalue weighted by atomic mass is 35.5. The number of aromatic nitrogens is 1. The van der Waals surface area contributed by atoms with E-state index in [1.807, 2.05) is 42.5 Å². The van der Waals surface area contributed by atoms with Crippen molar-refractivity contribution in [2.24, 2.45) is 0 Å². The first-order chi connectivity index (χ1) is 16.0. The van der Waals surface area contributed by atoms with Crippen molar-refractivity contribution in [3.05, 3.63) is 101 Å². The van der Waals surface area contributed by atoms with Gasteiger partial charge in [-0.05, 0) is 53.1 Å². The Kier molecular flexibility index (Phi) is 7.05. The minimum absolute atomic E-state index is 0.106. The summed E-state index contributed by atoms with van der Waals surface area (Å²) in [5.41, 5.74) is 2.93. The zero-order chi connectivity index (χ0) is 23.2. The van der Waals surface area contributed by atoms with E-state index in [1.54, 1.807) is 53.4 Å². The second-order valence-corrected chi connectivity index (χ2v) is 8.07. The lowest BCUT2D eigenvalue weighted by Crippen LogP contribution is -2.50. The normalized spacial score (nSPS) is 14.2. The molecule has 1 aromatic heterocycles. The van der Waals surface area contributed by atoms with Crippen LogP contribution in [0, 0.1) is 0 Å². The number of piperazine rings is 1. The number of nitrogens with zero attached hydrogens (tertiary/aromatic N) is 3. The third-order valence-electron chi connectivity index (χ3n) is 5.57. The molecule has 0 bridgehead atoms. The molecule has 1 aliphatic rings. The molecule has 1 fully saturated rings. The van der Waals surface area contributed by atoms with Crippen LogP contribution in [0.15, 0.2) is 79.0 Å². The minimum Gasteiger partial charge on any atom is -0.497 e.